The molecule has 4 saturated heterocycles. The lowest BCUT2D eigenvalue weighted by Crippen LogP contribution is -2.68. The number of aliphatic hydroxyl groups is 6. The number of fused-ring (bicyclic) bond motifs is 4. The molecule has 0 aromatic heterocycles. The fourth-order valence-electron chi connectivity index (χ4n) is 15.3. The third-order valence-corrected chi connectivity index (χ3v) is 22.8. The van der Waals surface area contributed by atoms with Crippen molar-refractivity contribution in [2.24, 2.45) is 16.6 Å². The molecule has 37 heteroatoms. The highest BCUT2D eigenvalue weighted by molar-refractivity contribution is 7.90. The van der Waals surface area contributed by atoms with Crippen molar-refractivity contribution in [1.82, 2.24) is 46.4 Å². The van der Waals surface area contributed by atoms with Crippen LogP contribution in [0.15, 0.2) is 58.4 Å². The highest BCUT2D eigenvalue weighted by Crippen LogP contribution is 2.45. The van der Waals surface area contributed by atoms with Crippen molar-refractivity contribution in [2.45, 2.75) is 254 Å². The average Bonchev–Trinajstić information content (AvgIpc) is 1.17. The van der Waals surface area contributed by atoms with Gasteiger partial charge in [0, 0.05) is 32.5 Å². The lowest BCUT2D eigenvalue weighted by atomic mass is 9.88. The quantitative estimate of drug-likeness (QED) is 0.0208. The monoisotopic (exact) mass is 1620 g/mol. The summed E-state index contributed by atoms with van der Waals surface area (Å²) in [4.78, 5) is 135. The summed E-state index contributed by atoms with van der Waals surface area (Å²) in [7, 11) is -4.43. The number of aliphatic imine (C=N–C) groups is 1. The van der Waals surface area contributed by atoms with Crippen LogP contribution in [0, 0.1) is 26.7 Å². The Kier molecular flexibility index (Phi) is 30.0. The minimum absolute atomic E-state index is 0.0325. The molecule has 5 heterocycles. The maximum atomic E-state index is 15.6. The van der Waals surface area contributed by atoms with E-state index >= 15 is 19.2 Å². The van der Waals surface area contributed by atoms with E-state index in [2.05, 4.69) is 41.6 Å². The molecule has 0 bridgehead atoms. The highest BCUT2D eigenvalue weighted by Gasteiger charge is 2.53. The molecule has 16 atom stereocenters. The van der Waals surface area contributed by atoms with Crippen LogP contribution in [0.4, 0.5) is 4.79 Å². The zero-order chi connectivity index (χ0) is 83.6. The van der Waals surface area contributed by atoms with E-state index in [0.717, 1.165) is 34.7 Å². The molecule has 114 heavy (non-hydrogen) atoms. The van der Waals surface area contributed by atoms with Crippen molar-refractivity contribution in [3.63, 3.8) is 0 Å². The average molecular weight is 1620 g/mol. The fraction of sp³-hybridized carbons (Fsp3) is 0.636. The Morgan fingerprint density at radius 1 is 0.719 bits per heavy atom. The number of alkyl carbamates (subject to hydrolysis) is 1. The number of aliphatic carboxylic acids is 1. The van der Waals surface area contributed by atoms with Gasteiger partial charge in [-0.3, -0.25) is 43.3 Å². The summed E-state index contributed by atoms with van der Waals surface area (Å²) in [6, 6.07) is 4.44. The second-order valence-corrected chi connectivity index (χ2v) is 33.3. The Bertz CT molecular complexity index is 4090. The summed E-state index contributed by atoms with van der Waals surface area (Å²) in [5.74, 6) is -8.34. The molecule has 4 fully saturated rings. The first-order chi connectivity index (χ1) is 53.7. The van der Waals surface area contributed by atoms with E-state index in [9.17, 15) is 68.1 Å². The van der Waals surface area contributed by atoms with Crippen molar-refractivity contribution >= 4 is 69.4 Å². The molecule has 0 spiro atoms. The maximum absolute atomic E-state index is 15.6. The number of nitrogens with zero attached hydrogens (tertiary/aromatic N) is 3. The predicted octanol–water partition coefficient (Wildman–Crippen LogP) is -0.721. The number of carboxylic acid groups (broad SMARTS) is 1. The maximum Gasteiger partial charge on any atom is 0.407 e. The molecular formula is C77H111N11O25S. The van der Waals surface area contributed by atoms with Gasteiger partial charge in [0.05, 0.1) is 36.9 Å². The molecule has 3 aromatic carbocycles. The Hall–Kier alpha value is -8.73. The van der Waals surface area contributed by atoms with E-state index in [4.69, 9.17) is 38.9 Å². The SMILES string of the molecule is CC(=O)N[C@H]1[C@@H](OC[C@H](NC(=O)[C@@H]2CCCN2C(=O)[C@H](COC(C)(C)C)NC(=O)OCC2c3ccccc3-c3ccccc32)C(=O)N[C@@H](CCCN=C(N)NS(=O)(=O)c2c(C)c(C)c3c(c2C)CCC(C)(C)O3)C(=O)N[C@@H](CC(C)C)C(=O)N2CCC[C@H]2C(=O)NCC(=O)O)O[C@H](CO)[C@H](O)[C@@H]1O[C@@H]1O[C@H](CO)[C@H](O)[C@H](O)[C@H]1O. The largest absolute Gasteiger partial charge is 0.487 e. The van der Waals surface area contributed by atoms with E-state index in [-0.39, 0.29) is 75.1 Å². The number of carbonyl (C=O) groups excluding carboxylic acids is 8. The molecule has 1 aliphatic carbocycles. The Morgan fingerprint density at radius 3 is 1.89 bits per heavy atom. The Labute approximate surface area is 661 Å². The Morgan fingerprint density at radius 2 is 1.30 bits per heavy atom. The summed E-state index contributed by atoms with van der Waals surface area (Å²) >= 11 is 0. The minimum Gasteiger partial charge on any atom is -0.487 e. The summed E-state index contributed by atoms with van der Waals surface area (Å²) in [5, 5.41) is 89.7. The van der Waals surface area contributed by atoms with Crippen LogP contribution in [0.5, 0.6) is 5.75 Å². The molecule has 0 radical (unpaired) electrons. The van der Waals surface area contributed by atoms with E-state index in [1.165, 1.54) is 9.80 Å². The van der Waals surface area contributed by atoms with E-state index in [1.54, 1.807) is 55.4 Å². The topological polar surface area (TPSA) is 523 Å². The summed E-state index contributed by atoms with van der Waals surface area (Å²) < 4.78 is 73.2. The number of hydrogen-bond donors (Lipinski definition) is 15. The lowest BCUT2D eigenvalue weighted by Gasteiger charge is -2.47. The van der Waals surface area contributed by atoms with Gasteiger partial charge >= 0.3 is 12.1 Å². The van der Waals surface area contributed by atoms with E-state index in [1.807, 2.05) is 62.4 Å². The van der Waals surface area contributed by atoms with Crippen molar-refractivity contribution < 1.29 is 120 Å². The molecule has 9 rings (SSSR count). The van der Waals surface area contributed by atoms with Crippen molar-refractivity contribution in [1.29, 1.82) is 0 Å². The van der Waals surface area contributed by atoms with Gasteiger partial charge in [0.1, 0.15) is 110 Å². The van der Waals surface area contributed by atoms with Gasteiger partial charge < -0.3 is 116 Å². The van der Waals surface area contributed by atoms with Gasteiger partial charge in [-0.15, -0.1) is 0 Å². The molecule has 630 valence electrons. The third-order valence-electron chi connectivity index (χ3n) is 21.2. The number of nitrogens with one attached hydrogen (secondary N) is 7. The number of guanidine groups is 1. The predicted molar refractivity (Wildman–Crippen MR) is 407 cm³/mol. The molecule has 0 saturated carbocycles. The molecule has 6 aliphatic rings. The van der Waals surface area contributed by atoms with E-state index in [0.29, 0.717) is 41.7 Å². The number of carboxylic acids is 1. The third kappa shape index (κ3) is 21.7. The van der Waals surface area contributed by atoms with E-state index < -0.39 is 218 Å². The number of sulfonamides is 1. The van der Waals surface area contributed by atoms with Gasteiger partial charge in [-0.05, 0) is 164 Å². The number of carbonyl (C=O) groups is 9. The number of aliphatic hydroxyl groups excluding tert-OH is 6. The van der Waals surface area contributed by atoms with Crippen LogP contribution in [-0.4, -0.2) is 281 Å². The van der Waals surface area contributed by atoms with Gasteiger partial charge in [-0.1, -0.05) is 62.4 Å². The molecular weight excluding hydrogens is 1510 g/mol. The van der Waals surface area contributed by atoms with Crippen LogP contribution in [0.2, 0.25) is 0 Å². The number of amides is 8. The number of hydrogen-bond acceptors (Lipinski definition) is 25. The molecule has 0 unspecified atom stereocenters. The molecule has 16 N–H and O–H groups in total. The number of ether oxygens (including phenoxy) is 7. The van der Waals surface area contributed by atoms with Gasteiger partial charge in [0.15, 0.2) is 12.6 Å². The zero-order valence-corrected chi connectivity index (χ0v) is 66.9. The fourth-order valence-corrected chi connectivity index (χ4v) is 16.8. The molecule has 36 nitrogen and oxygen atoms in total. The number of likely N-dealkylation sites (tertiary alicyclic amines) is 2. The van der Waals surface area contributed by atoms with Crippen LogP contribution >= 0.6 is 0 Å². The van der Waals surface area contributed by atoms with Crippen LogP contribution < -0.4 is 47.1 Å². The highest BCUT2D eigenvalue weighted by atomic mass is 32.2. The standard InChI is InChI=1S/C77H111N11O25S/c1-38(2)31-50(70(102)87-29-17-24-53(87)68(100)80-32-57(92)93)83-66(98)49(23-16-28-79-74(78)86-114(105,106)65-40(4)39(3)63-43(41(65)5)26-27-77(10,11)113-63)82-67(99)51(36-107-72-58(81-42(6)91)64(60(95)56(34-90)110-72)112-73-62(97)61(96)59(94)55(33-89)111-73)84-69(101)54-25-18-30-88(54)71(103)52(37-109-76(7,8)9)85-75(104)108-35-48-46-21-14-12-19-44(46)45-20-13-15-22-47(45)48/h12-15,19-22,38,48-56,58-62,64,72-73,89-90,94-97H,16-18,23-37H2,1-11H3,(H,80,100)(H,81,91)(H,82,99)(H,83,98)(H,84,101)(H,85,104)(H,92,93)(H3,78,79,86)/t49-,50-,51-,52-,53-,54-,55+,56+,58+,59-,60-,61-,62+,64+,72-,73-/m0/s1. The zero-order valence-electron chi connectivity index (χ0n) is 66.0. The first-order valence-corrected chi connectivity index (χ1v) is 39.9. The normalized spacial score (nSPS) is 25.2. The first kappa shape index (κ1) is 89.2. The number of benzene rings is 3. The minimum atomic E-state index is -4.43. The molecule has 3 aromatic rings. The molecule has 5 aliphatic heterocycles. The van der Waals surface area contributed by atoms with Crippen LogP contribution in [0.1, 0.15) is 146 Å². The van der Waals surface area contributed by atoms with Gasteiger partial charge in [-0.2, -0.15) is 0 Å². The summed E-state index contributed by atoms with van der Waals surface area (Å²) in [6.07, 6.45) is -16.7. The van der Waals surface area contributed by atoms with Crippen LogP contribution in [0.3, 0.4) is 0 Å². The van der Waals surface area contributed by atoms with Crippen LogP contribution in [-0.2, 0) is 83.2 Å². The van der Waals surface area contributed by atoms with Gasteiger partial charge in [-0.25, -0.2) is 17.9 Å². The number of nitrogens with two attached hydrogens (primary N) is 1. The van der Waals surface area contributed by atoms with Gasteiger partial charge in [0.25, 0.3) is 10.0 Å². The lowest BCUT2D eigenvalue weighted by molar-refractivity contribution is -0.345. The second kappa shape index (κ2) is 38.4. The van der Waals surface area contributed by atoms with Crippen LogP contribution in [0.25, 0.3) is 11.1 Å². The van der Waals surface area contributed by atoms with Crippen molar-refractivity contribution in [3.05, 3.63) is 81.9 Å². The first-order valence-electron chi connectivity index (χ1n) is 38.5. The Balaban J connectivity index is 1.03. The van der Waals surface area contributed by atoms with Gasteiger partial charge in [0.2, 0.25) is 47.3 Å². The molecule has 8 amide bonds. The smallest absolute Gasteiger partial charge is 0.407 e. The van der Waals surface area contributed by atoms with Crippen molar-refractivity contribution in [2.75, 3.05) is 59.2 Å². The summed E-state index contributed by atoms with van der Waals surface area (Å²) in [5.41, 5.74) is 10.9. The summed E-state index contributed by atoms with van der Waals surface area (Å²) in [6.45, 7) is 14.1. The number of rotatable bonds is 32. The van der Waals surface area contributed by atoms with Crippen molar-refractivity contribution in [3.8, 4) is 16.9 Å². The second-order valence-electron chi connectivity index (χ2n) is 31.7.